The molecule has 0 bridgehead atoms. The van der Waals surface area contributed by atoms with Crippen molar-refractivity contribution < 1.29 is 4.79 Å². The molecular formula is C23H18O. The number of allylic oxidation sites excluding steroid dienone is 4. The third-order valence-electron chi connectivity index (χ3n) is 4.57. The van der Waals surface area contributed by atoms with E-state index in [1.54, 1.807) is 0 Å². The number of benzene rings is 3. The highest BCUT2D eigenvalue weighted by Gasteiger charge is 2.20. The maximum atomic E-state index is 13.1. The highest BCUT2D eigenvalue weighted by atomic mass is 16.1. The van der Waals surface area contributed by atoms with Crippen LogP contribution in [0.3, 0.4) is 0 Å². The van der Waals surface area contributed by atoms with Crippen LogP contribution in [0.25, 0.3) is 10.8 Å². The third kappa shape index (κ3) is 2.59. The molecule has 0 heterocycles. The van der Waals surface area contributed by atoms with Crippen LogP contribution in [0.4, 0.5) is 0 Å². The molecule has 0 fully saturated rings. The first-order valence-corrected chi connectivity index (χ1v) is 8.21. The molecule has 0 spiro atoms. The Morgan fingerprint density at radius 3 is 2.21 bits per heavy atom. The smallest absolute Gasteiger partial charge is 0.193 e. The first kappa shape index (κ1) is 14.6. The normalized spacial score (nSPS) is 16.4. The summed E-state index contributed by atoms with van der Waals surface area (Å²) in [6.45, 7) is 2.09. The van der Waals surface area contributed by atoms with Crippen molar-refractivity contribution in [2.45, 2.75) is 12.8 Å². The maximum Gasteiger partial charge on any atom is 0.193 e. The number of hydrogen-bond donors (Lipinski definition) is 0. The van der Waals surface area contributed by atoms with Gasteiger partial charge < -0.3 is 0 Å². The molecule has 1 heteroatoms. The Kier molecular flexibility index (Phi) is 3.62. The van der Waals surface area contributed by atoms with Crippen molar-refractivity contribution in [3.63, 3.8) is 0 Å². The van der Waals surface area contributed by atoms with Crippen LogP contribution in [0.15, 0.2) is 90.5 Å². The molecule has 1 unspecified atom stereocenters. The number of fused-ring (bicyclic) bond motifs is 1. The lowest BCUT2D eigenvalue weighted by Crippen LogP contribution is -2.07. The fourth-order valence-corrected chi connectivity index (χ4v) is 3.32. The average molecular weight is 310 g/mol. The Hall–Kier alpha value is -2.93. The monoisotopic (exact) mass is 310 g/mol. The molecule has 0 amide bonds. The van der Waals surface area contributed by atoms with Crippen LogP contribution in [-0.2, 0) is 0 Å². The summed E-state index contributed by atoms with van der Waals surface area (Å²) in [7, 11) is 0. The van der Waals surface area contributed by atoms with E-state index in [1.807, 2.05) is 48.5 Å². The highest BCUT2D eigenvalue weighted by Crippen LogP contribution is 2.33. The maximum absolute atomic E-state index is 13.1. The first-order valence-electron chi connectivity index (χ1n) is 8.21. The Morgan fingerprint density at radius 2 is 1.54 bits per heavy atom. The minimum atomic E-state index is 0.0858. The molecule has 24 heavy (non-hydrogen) atoms. The van der Waals surface area contributed by atoms with E-state index >= 15 is 0 Å². The number of hydrogen-bond acceptors (Lipinski definition) is 1. The van der Waals surface area contributed by atoms with Crippen LogP contribution in [0.2, 0.25) is 0 Å². The molecule has 0 aromatic heterocycles. The second-order valence-electron chi connectivity index (χ2n) is 6.28. The number of carbonyl (C=O) groups excluding carboxylic acids is 1. The van der Waals surface area contributed by atoms with Gasteiger partial charge in [0.15, 0.2) is 5.78 Å². The van der Waals surface area contributed by atoms with Crippen molar-refractivity contribution in [2.75, 3.05) is 0 Å². The predicted molar refractivity (Wildman–Crippen MR) is 99.5 cm³/mol. The van der Waals surface area contributed by atoms with Crippen molar-refractivity contribution in [3.05, 3.63) is 107 Å². The van der Waals surface area contributed by atoms with Crippen molar-refractivity contribution >= 4 is 16.6 Å². The molecule has 1 aliphatic carbocycles. The van der Waals surface area contributed by atoms with Crippen molar-refractivity contribution in [1.29, 1.82) is 0 Å². The van der Waals surface area contributed by atoms with Gasteiger partial charge in [-0.2, -0.15) is 0 Å². The van der Waals surface area contributed by atoms with Gasteiger partial charge >= 0.3 is 0 Å². The van der Waals surface area contributed by atoms with E-state index in [2.05, 4.69) is 43.4 Å². The van der Waals surface area contributed by atoms with Crippen LogP contribution < -0.4 is 0 Å². The zero-order chi connectivity index (χ0) is 16.5. The second-order valence-corrected chi connectivity index (χ2v) is 6.28. The van der Waals surface area contributed by atoms with Crippen LogP contribution in [0, 0.1) is 0 Å². The molecule has 1 atom stereocenters. The summed E-state index contributed by atoms with van der Waals surface area (Å²) in [6.07, 6.45) is 6.50. The molecule has 0 saturated carbocycles. The lowest BCUT2D eigenvalue weighted by atomic mass is 9.88. The Labute approximate surface area is 142 Å². The Balaban J connectivity index is 1.92. The van der Waals surface area contributed by atoms with Crippen LogP contribution in [0.5, 0.6) is 0 Å². The Morgan fingerprint density at radius 1 is 0.875 bits per heavy atom. The summed E-state index contributed by atoms with van der Waals surface area (Å²) in [6, 6.07) is 21.9. The zero-order valence-electron chi connectivity index (χ0n) is 13.6. The molecule has 0 saturated heterocycles. The highest BCUT2D eigenvalue weighted by molar-refractivity contribution is 6.12. The fourth-order valence-electron chi connectivity index (χ4n) is 3.32. The first-order chi connectivity index (χ1) is 11.7. The van der Waals surface area contributed by atoms with Gasteiger partial charge in [-0.3, -0.25) is 4.79 Å². The summed E-state index contributed by atoms with van der Waals surface area (Å²) in [5.41, 5.74) is 3.85. The molecule has 0 radical (unpaired) electrons. The molecular weight excluding hydrogens is 292 g/mol. The van der Waals surface area contributed by atoms with E-state index < -0.39 is 0 Å². The zero-order valence-corrected chi connectivity index (χ0v) is 13.6. The van der Waals surface area contributed by atoms with E-state index in [1.165, 1.54) is 11.0 Å². The van der Waals surface area contributed by atoms with Crippen LogP contribution in [0.1, 0.15) is 34.3 Å². The van der Waals surface area contributed by atoms with Gasteiger partial charge in [-0.05, 0) is 35.4 Å². The van der Waals surface area contributed by atoms with Gasteiger partial charge in [0.2, 0.25) is 0 Å². The SMILES string of the molecule is CC1=CC(c2cc3ccccc3cc2C(=O)c2ccccc2)C=C1. The van der Waals surface area contributed by atoms with E-state index in [9.17, 15) is 4.79 Å². The van der Waals surface area contributed by atoms with Gasteiger partial charge in [-0.15, -0.1) is 0 Å². The van der Waals surface area contributed by atoms with E-state index in [0.29, 0.717) is 0 Å². The number of carbonyl (C=O) groups is 1. The molecule has 0 aliphatic heterocycles. The van der Waals surface area contributed by atoms with Crippen molar-refractivity contribution in [1.82, 2.24) is 0 Å². The van der Waals surface area contributed by atoms with Gasteiger partial charge in [0.25, 0.3) is 0 Å². The molecule has 0 N–H and O–H groups in total. The van der Waals surface area contributed by atoms with Gasteiger partial charge in [0.05, 0.1) is 0 Å². The lowest BCUT2D eigenvalue weighted by molar-refractivity contribution is 0.103. The quantitative estimate of drug-likeness (QED) is 0.570. The standard InChI is InChI=1S/C23H18O/c1-16-11-12-20(13-16)21-14-18-9-5-6-10-19(18)15-22(21)23(24)17-7-3-2-4-8-17/h2-15,20H,1H3. The largest absolute Gasteiger partial charge is 0.289 e. The van der Waals surface area contributed by atoms with Crippen LogP contribution in [-0.4, -0.2) is 5.78 Å². The van der Waals surface area contributed by atoms with Crippen molar-refractivity contribution in [2.24, 2.45) is 0 Å². The lowest BCUT2D eigenvalue weighted by Gasteiger charge is -2.14. The van der Waals surface area contributed by atoms with Gasteiger partial charge in [-0.25, -0.2) is 0 Å². The molecule has 4 rings (SSSR count). The van der Waals surface area contributed by atoms with E-state index in [-0.39, 0.29) is 11.7 Å². The fraction of sp³-hybridized carbons (Fsp3) is 0.0870. The summed E-state index contributed by atoms with van der Waals surface area (Å²) in [5.74, 6) is 0.250. The Bertz CT molecular complexity index is 977. The average Bonchev–Trinajstić information content (AvgIpc) is 3.07. The van der Waals surface area contributed by atoms with Gasteiger partial charge in [0.1, 0.15) is 0 Å². The number of rotatable bonds is 3. The summed E-state index contributed by atoms with van der Waals surface area (Å²) >= 11 is 0. The molecule has 1 nitrogen and oxygen atoms in total. The molecule has 3 aromatic carbocycles. The summed E-state index contributed by atoms with van der Waals surface area (Å²) < 4.78 is 0. The van der Waals surface area contributed by atoms with Gasteiger partial charge in [0, 0.05) is 17.0 Å². The van der Waals surface area contributed by atoms with Gasteiger partial charge in [-0.1, -0.05) is 78.4 Å². The summed E-state index contributed by atoms with van der Waals surface area (Å²) in [5, 5.41) is 2.27. The van der Waals surface area contributed by atoms with Crippen molar-refractivity contribution in [3.8, 4) is 0 Å². The van der Waals surface area contributed by atoms with E-state index in [4.69, 9.17) is 0 Å². The minimum Gasteiger partial charge on any atom is -0.289 e. The molecule has 1 aliphatic rings. The number of ketones is 1. The molecule has 3 aromatic rings. The van der Waals surface area contributed by atoms with Crippen LogP contribution >= 0.6 is 0 Å². The molecule has 116 valence electrons. The minimum absolute atomic E-state index is 0.0858. The second kappa shape index (κ2) is 5.93. The van der Waals surface area contributed by atoms with E-state index in [0.717, 1.165) is 22.1 Å². The summed E-state index contributed by atoms with van der Waals surface area (Å²) in [4.78, 5) is 13.1. The predicted octanol–water partition coefficient (Wildman–Crippen LogP) is 5.67. The third-order valence-corrected chi connectivity index (χ3v) is 4.57. The topological polar surface area (TPSA) is 17.1 Å².